The molecule has 0 aliphatic rings. The van der Waals surface area contributed by atoms with Gasteiger partial charge < -0.3 is 25.6 Å². The minimum atomic E-state index is -0.807. The van der Waals surface area contributed by atoms with Gasteiger partial charge in [-0.2, -0.15) is 0 Å². The maximum atomic E-state index is 13.8. The van der Waals surface area contributed by atoms with Crippen molar-refractivity contribution >= 4 is 44.5 Å². The molecule has 4 N–H and O–H groups in total. The maximum Gasteiger partial charge on any atom is 0.270 e. The van der Waals surface area contributed by atoms with Crippen LogP contribution in [-0.2, 0) is 6.80 Å². The van der Waals surface area contributed by atoms with E-state index in [1.54, 1.807) is 36.4 Å². The molecule has 0 saturated carbocycles. The van der Waals surface area contributed by atoms with Crippen molar-refractivity contribution in [3.63, 3.8) is 0 Å². The highest BCUT2D eigenvalue weighted by Gasteiger charge is 2.14. The zero-order valence-electron chi connectivity index (χ0n) is 17.1. The van der Waals surface area contributed by atoms with Crippen LogP contribution in [0.25, 0.3) is 11.0 Å². The summed E-state index contributed by atoms with van der Waals surface area (Å²) in [5.74, 6) is 0.693. The molecule has 33 heavy (non-hydrogen) atoms. The van der Waals surface area contributed by atoms with Crippen molar-refractivity contribution in [2.45, 2.75) is 6.80 Å². The second-order valence-electron chi connectivity index (χ2n) is 6.88. The van der Waals surface area contributed by atoms with Crippen molar-refractivity contribution in [1.82, 2.24) is 19.9 Å². The minimum absolute atomic E-state index is 0.0420. The number of benzene rings is 2. The zero-order valence-corrected chi connectivity index (χ0v) is 18.7. The number of carbonyl (C=O) groups is 1. The molecule has 170 valence electrons. The number of amides is 1. The lowest BCUT2D eigenvalue weighted by Crippen LogP contribution is -2.27. The second kappa shape index (κ2) is 9.84. The molecule has 0 atom stereocenters. The molecule has 0 saturated heterocycles. The van der Waals surface area contributed by atoms with Gasteiger partial charge in [0.15, 0.2) is 6.80 Å². The van der Waals surface area contributed by atoms with Crippen LogP contribution in [0.2, 0.25) is 0 Å². The van der Waals surface area contributed by atoms with Crippen molar-refractivity contribution in [2.24, 2.45) is 0 Å². The molecule has 2 aromatic carbocycles. The predicted molar refractivity (Wildman–Crippen MR) is 124 cm³/mol. The molecular formula is C22H19BrFN5O4. The Hall–Kier alpha value is -3.70. The zero-order chi connectivity index (χ0) is 23.4. The van der Waals surface area contributed by atoms with E-state index in [1.165, 1.54) is 22.9 Å². The Kier molecular flexibility index (Phi) is 6.71. The number of phenols is 1. The van der Waals surface area contributed by atoms with Crippen LogP contribution in [0.1, 0.15) is 10.5 Å². The summed E-state index contributed by atoms with van der Waals surface area (Å²) in [6.45, 7) is -0.860. The van der Waals surface area contributed by atoms with Crippen molar-refractivity contribution < 1.29 is 24.1 Å². The second-order valence-corrected chi connectivity index (χ2v) is 7.74. The fourth-order valence-corrected chi connectivity index (χ4v) is 3.35. The summed E-state index contributed by atoms with van der Waals surface area (Å²) >= 11 is 3.22. The number of nitrogens with one attached hydrogen (secondary N) is 2. The van der Waals surface area contributed by atoms with E-state index in [1.807, 2.05) is 0 Å². The summed E-state index contributed by atoms with van der Waals surface area (Å²) in [5.41, 5.74) is 1.73. The molecule has 9 nitrogen and oxygen atoms in total. The largest absolute Gasteiger partial charge is 0.507 e. The number of aliphatic hydroxyl groups excluding tert-OH is 1. The van der Waals surface area contributed by atoms with E-state index < -0.39 is 12.7 Å². The number of phenolic OH excluding ortho intramolecular Hbond substituents is 1. The number of halogens is 2. The Morgan fingerprint density at radius 1 is 1.15 bits per heavy atom. The van der Waals surface area contributed by atoms with E-state index in [0.717, 1.165) is 0 Å². The average molecular weight is 516 g/mol. The molecule has 2 heterocycles. The van der Waals surface area contributed by atoms with E-state index in [0.29, 0.717) is 32.7 Å². The normalized spacial score (nSPS) is 10.9. The Labute approximate surface area is 196 Å². The molecular weight excluding hydrogens is 497 g/mol. The van der Waals surface area contributed by atoms with Gasteiger partial charge in [0.2, 0.25) is 5.95 Å². The summed E-state index contributed by atoms with van der Waals surface area (Å²) in [5, 5.41) is 24.2. The number of pyridine rings is 1. The van der Waals surface area contributed by atoms with Crippen LogP contribution in [0, 0.1) is 0 Å². The number of carbonyl (C=O) groups excluding carboxylic acids is 1. The van der Waals surface area contributed by atoms with Gasteiger partial charge >= 0.3 is 0 Å². The Morgan fingerprint density at radius 2 is 1.97 bits per heavy atom. The van der Waals surface area contributed by atoms with Crippen LogP contribution >= 0.6 is 15.9 Å². The quantitative estimate of drug-likeness (QED) is 0.279. The molecule has 11 heteroatoms. The number of ether oxygens (including phenoxy) is 1. The Morgan fingerprint density at radius 3 is 2.73 bits per heavy atom. The van der Waals surface area contributed by atoms with E-state index in [4.69, 9.17) is 9.84 Å². The molecule has 4 aromatic rings. The summed E-state index contributed by atoms with van der Waals surface area (Å²) in [4.78, 5) is 20.5. The summed E-state index contributed by atoms with van der Waals surface area (Å²) in [6.07, 6.45) is 1.44. The lowest BCUT2D eigenvalue weighted by Gasteiger charge is -2.09. The number of aliphatic hydroxyl groups is 1. The van der Waals surface area contributed by atoms with Crippen LogP contribution in [0.3, 0.4) is 0 Å². The number of anilines is 2. The van der Waals surface area contributed by atoms with Gasteiger partial charge in [0, 0.05) is 36.6 Å². The highest BCUT2D eigenvalue weighted by Crippen LogP contribution is 2.31. The summed E-state index contributed by atoms with van der Waals surface area (Å²) in [7, 11) is 0. The first-order valence-corrected chi connectivity index (χ1v) is 10.6. The monoisotopic (exact) mass is 515 g/mol. The lowest BCUT2D eigenvalue weighted by molar-refractivity contribution is 0.0939. The third-order valence-corrected chi connectivity index (χ3v) is 5.31. The standard InChI is InChI=1S/C22H19BrFN5O4/c23-16-3-1-13(9-20(16)31)27-22-28-17-10-14(2-4-19(17)29(22)12-24)33-15-5-6-25-18(11-15)21(32)26-7-8-30/h1-6,9-11,30-31H,7-8,12H2,(H,26,32)(H,27,28). The van der Waals surface area contributed by atoms with Crippen LogP contribution < -0.4 is 15.4 Å². The fourth-order valence-electron chi connectivity index (χ4n) is 3.10. The van der Waals surface area contributed by atoms with Gasteiger partial charge in [-0.05, 0) is 46.3 Å². The van der Waals surface area contributed by atoms with Gasteiger partial charge in [-0.1, -0.05) is 0 Å². The number of nitrogens with zero attached hydrogens (tertiary/aromatic N) is 3. The van der Waals surface area contributed by atoms with Crippen molar-refractivity contribution in [2.75, 3.05) is 18.5 Å². The van der Waals surface area contributed by atoms with Gasteiger partial charge in [0.05, 0.1) is 22.1 Å². The molecule has 0 spiro atoms. The number of aromatic hydroxyl groups is 1. The van der Waals surface area contributed by atoms with Crippen LogP contribution in [-0.4, -0.2) is 43.8 Å². The number of alkyl halides is 1. The average Bonchev–Trinajstić information content (AvgIpc) is 3.16. The third-order valence-electron chi connectivity index (χ3n) is 4.64. The summed E-state index contributed by atoms with van der Waals surface area (Å²) in [6, 6.07) is 13.0. The van der Waals surface area contributed by atoms with Crippen LogP contribution in [0.15, 0.2) is 59.2 Å². The molecule has 4 rings (SSSR count). The topological polar surface area (TPSA) is 122 Å². The van der Waals surface area contributed by atoms with Crippen molar-refractivity contribution in [3.05, 3.63) is 64.9 Å². The number of imidazole rings is 1. The Balaban J connectivity index is 1.58. The lowest BCUT2D eigenvalue weighted by atomic mass is 10.3. The molecule has 0 unspecified atom stereocenters. The highest BCUT2D eigenvalue weighted by molar-refractivity contribution is 9.10. The molecule has 2 aromatic heterocycles. The highest BCUT2D eigenvalue weighted by atomic mass is 79.9. The Bertz CT molecular complexity index is 1310. The third kappa shape index (κ3) is 5.04. The summed E-state index contributed by atoms with van der Waals surface area (Å²) < 4.78 is 21.5. The van der Waals surface area contributed by atoms with Gasteiger partial charge in [0.1, 0.15) is 22.9 Å². The first-order chi connectivity index (χ1) is 16.0. The van der Waals surface area contributed by atoms with E-state index >= 15 is 0 Å². The van der Waals surface area contributed by atoms with Gasteiger partial charge in [-0.15, -0.1) is 0 Å². The number of hydrogen-bond donors (Lipinski definition) is 4. The molecule has 0 bridgehead atoms. The van der Waals surface area contributed by atoms with Crippen LogP contribution in [0.5, 0.6) is 17.2 Å². The first-order valence-electron chi connectivity index (χ1n) is 9.83. The van der Waals surface area contributed by atoms with E-state index in [2.05, 4.69) is 36.5 Å². The SMILES string of the molecule is O=C(NCCO)c1cc(Oc2ccc3c(c2)nc(Nc2ccc(Br)c(O)c2)n3CF)ccn1. The number of aromatic nitrogens is 3. The van der Waals surface area contributed by atoms with Crippen molar-refractivity contribution in [1.29, 1.82) is 0 Å². The smallest absolute Gasteiger partial charge is 0.270 e. The molecule has 1 amide bonds. The number of hydrogen-bond acceptors (Lipinski definition) is 7. The number of fused-ring (bicyclic) bond motifs is 1. The molecule has 0 aliphatic carbocycles. The minimum Gasteiger partial charge on any atom is -0.507 e. The van der Waals surface area contributed by atoms with E-state index in [-0.39, 0.29) is 30.5 Å². The first kappa shape index (κ1) is 22.5. The number of rotatable bonds is 8. The van der Waals surface area contributed by atoms with Gasteiger partial charge in [-0.25, -0.2) is 9.37 Å². The van der Waals surface area contributed by atoms with Crippen LogP contribution in [0.4, 0.5) is 16.0 Å². The molecule has 0 fully saturated rings. The fraction of sp³-hybridized carbons (Fsp3) is 0.136. The van der Waals surface area contributed by atoms with Gasteiger partial charge in [0.25, 0.3) is 5.91 Å². The predicted octanol–water partition coefficient (Wildman–Crippen LogP) is 4.08. The molecule has 0 radical (unpaired) electrons. The van der Waals surface area contributed by atoms with Gasteiger partial charge in [-0.3, -0.25) is 14.3 Å². The molecule has 0 aliphatic heterocycles. The maximum absolute atomic E-state index is 13.8. The van der Waals surface area contributed by atoms with Crippen molar-refractivity contribution in [3.8, 4) is 17.2 Å². The van der Waals surface area contributed by atoms with E-state index in [9.17, 15) is 14.3 Å².